The van der Waals surface area contributed by atoms with Crippen molar-refractivity contribution in [2.75, 3.05) is 33.4 Å². The van der Waals surface area contributed by atoms with E-state index in [-0.39, 0.29) is 24.4 Å². The van der Waals surface area contributed by atoms with Crippen molar-refractivity contribution in [2.45, 2.75) is 24.7 Å². The number of rotatable bonds is 6. The van der Waals surface area contributed by atoms with Crippen LogP contribution in [0.2, 0.25) is 5.02 Å². The first-order valence-corrected chi connectivity index (χ1v) is 8.36. The minimum absolute atomic E-state index is 0.0760. The Hall–Kier alpha value is -1.79. The van der Waals surface area contributed by atoms with Crippen molar-refractivity contribution in [2.24, 2.45) is 0 Å². The van der Waals surface area contributed by atoms with E-state index in [1.165, 1.54) is 4.90 Å². The van der Waals surface area contributed by atoms with Crippen LogP contribution in [0.5, 0.6) is 0 Å². The second-order valence-corrected chi connectivity index (χ2v) is 6.50. The Balaban J connectivity index is 2.06. The number of nitrogens with zero attached hydrogens (tertiary/aromatic N) is 1. The predicted molar refractivity (Wildman–Crippen MR) is 91.5 cm³/mol. The van der Waals surface area contributed by atoms with Crippen molar-refractivity contribution in [1.82, 2.24) is 10.2 Å². The van der Waals surface area contributed by atoms with E-state index in [1.54, 1.807) is 7.05 Å². The SMILES string of the molecule is CN(CCC(=O)O)C(=O)NCC1(c2ccccc2Cl)CCOCC1. The number of benzene rings is 1. The number of carbonyl (C=O) groups excluding carboxylic acids is 1. The molecule has 0 aliphatic carbocycles. The Bertz CT molecular complexity index is 588. The molecule has 0 atom stereocenters. The lowest BCUT2D eigenvalue weighted by atomic mass is 9.74. The highest BCUT2D eigenvalue weighted by Gasteiger charge is 2.36. The van der Waals surface area contributed by atoms with E-state index in [4.69, 9.17) is 21.4 Å². The van der Waals surface area contributed by atoms with Gasteiger partial charge in [0.1, 0.15) is 0 Å². The molecule has 0 radical (unpaired) electrons. The van der Waals surface area contributed by atoms with Crippen LogP contribution in [0.3, 0.4) is 0 Å². The van der Waals surface area contributed by atoms with Crippen LogP contribution in [-0.4, -0.2) is 55.4 Å². The molecule has 1 fully saturated rings. The summed E-state index contributed by atoms with van der Waals surface area (Å²) >= 11 is 6.38. The van der Waals surface area contributed by atoms with Crippen molar-refractivity contribution in [1.29, 1.82) is 0 Å². The van der Waals surface area contributed by atoms with E-state index >= 15 is 0 Å². The Kier molecular flexibility index (Phi) is 6.45. The highest BCUT2D eigenvalue weighted by molar-refractivity contribution is 6.31. The average molecular weight is 355 g/mol. The molecule has 2 amide bonds. The molecule has 7 heteroatoms. The van der Waals surface area contributed by atoms with Crippen molar-refractivity contribution in [3.05, 3.63) is 34.9 Å². The van der Waals surface area contributed by atoms with Gasteiger partial charge in [0.25, 0.3) is 0 Å². The van der Waals surface area contributed by atoms with Crippen LogP contribution >= 0.6 is 11.6 Å². The number of ether oxygens (including phenoxy) is 1. The molecular formula is C17H23ClN2O4. The van der Waals surface area contributed by atoms with Crippen LogP contribution in [0, 0.1) is 0 Å². The largest absolute Gasteiger partial charge is 0.481 e. The van der Waals surface area contributed by atoms with Gasteiger partial charge in [-0.2, -0.15) is 0 Å². The summed E-state index contributed by atoms with van der Waals surface area (Å²) in [6.07, 6.45) is 1.47. The molecular weight excluding hydrogens is 332 g/mol. The molecule has 1 aliphatic rings. The third-order valence-electron chi connectivity index (χ3n) is 4.48. The number of nitrogens with one attached hydrogen (secondary N) is 1. The van der Waals surface area contributed by atoms with E-state index in [2.05, 4.69) is 5.32 Å². The van der Waals surface area contributed by atoms with Gasteiger partial charge >= 0.3 is 12.0 Å². The molecule has 1 aliphatic heterocycles. The number of halogens is 1. The minimum Gasteiger partial charge on any atom is -0.481 e. The number of urea groups is 1. The lowest BCUT2D eigenvalue weighted by molar-refractivity contribution is -0.137. The van der Waals surface area contributed by atoms with Crippen molar-refractivity contribution < 1.29 is 19.4 Å². The molecule has 1 saturated heterocycles. The van der Waals surface area contributed by atoms with E-state index in [9.17, 15) is 9.59 Å². The van der Waals surface area contributed by atoms with Crippen molar-refractivity contribution in [3.8, 4) is 0 Å². The predicted octanol–water partition coefficient (Wildman–Crippen LogP) is 2.50. The van der Waals surface area contributed by atoms with Gasteiger partial charge < -0.3 is 20.1 Å². The Morgan fingerprint density at radius 2 is 2.00 bits per heavy atom. The van der Waals surface area contributed by atoms with E-state index in [0.717, 1.165) is 18.4 Å². The Labute approximate surface area is 146 Å². The summed E-state index contributed by atoms with van der Waals surface area (Å²) in [4.78, 5) is 24.2. The molecule has 2 N–H and O–H groups in total. The molecule has 24 heavy (non-hydrogen) atoms. The van der Waals surface area contributed by atoms with E-state index < -0.39 is 5.97 Å². The fraction of sp³-hybridized carbons (Fsp3) is 0.529. The van der Waals surface area contributed by atoms with Crippen LogP contribution in [0.4, 0.5) is 4.79 Å². The Morgan fingerprint density at radius 3 is 2.62 bits per heavy atom. The number of amides is 2. The fourth-order valence-corrected chi connectivity index (χ4v) is 3.28. The quantitative estimate of drug-likeness (QED) is 0.822. The van der Waals surface area contributed by atoms with E-state index in [1.807, 2.05) is 24.3 Å². The standard InChI is InChI=1S/C17H23ClN2O4/c1-20(9-6-15(21)22)16(23)19-12-17(7-10-24-11-8-17)13-4-2-3-5-14(13)18/h2-5H,6-12H2,1H3,(H,19,23)(H,21,22). The monoisotopic (exact) mass is 354 g/mol. The summed E-state index contributed by atoms with van der Waals surface area (Å²) in [6.45, 7) is 1.85. The van der Waals surface area contributed by atoms with Crippen LogP contribution in [0.25, 0.3) is 0 Å². The number of carboxylic acids is 1. The molecule has 6 nitrogen and oxygen atoms in total. The van der Waals surface area contributed by atoms with Gasteiger partial charge in [-0.05, 0) is 24.5 Å². The molecule has 0 saturated carbocycles. The van der Waals surface area contributed by atoms with Crippen LogP contribution in [-0.2, 0) is 14.9 Å². The zero-order chi connectivity index (χ0) is 17.6. The molecule has 0 unspecified atom stereocenters. The van der Waals surface area contributed by atoms with Gasteiger partial charge in [-0.25, -0.2) is 4.79 Å². The lowest BCUT2D eigenvalue weighted by Crippen LogP contribution is -2.48. The number of carboxylic acid groups (broad SMARTS) is 1. The topological polar surface area (TPSA) is 78.9 Å². The molecule has 2 rings (SSSR count). The maximum atomic E-state index is 12.2. The summed E-state index contributed by atoms with van der Waals surface area (Å²) in [6, 6.07) is 7.40. The first kappa shape index (κ1) is 18.5. The summed E-state index contributed by atoms with van der Waals surface area (Å²) in [5.41, 5.74) is 0.753. The number of hydrogen-bond donors (Lipinski definition) is 2. The second kappa shape index (κ2) is 8.35. The smallest absolute Gasteiger partial charge is 0.317 e. The van der Waals surface area contributed by atoms with Gasteiger partial charge in [0.2, 0.25) is 0 Å². The normalized spacial score (nSPS) is 16.4. The van der Waals surface area contributed by atoms with Gasteiger partial charge in [0.15, 0.2) is 0 Å². The zero-order valence-electron chi connectivity index (χ0n) is 13.8. The maximum Gasteiger partial charge on any atom is 0.317 e. The van der Waals surface area contributed by atoms with Gasteiger partial charge in [0.05, 0.1) is 6.42 Å². The van der Waals surface area contributed by atoms with Gasteiger partial charge in [-0.1, -0.05) is 29.8 Å². The summed E-state index contributed by atoms with van der Waals surface area (Å²) < 4.78 is 5.47. The molecule has 1 aromatic rings. The molecule has 132 valence electrons. The molecule has 0 bridgehead atoms. The molecule has 1 aromatic carbocycles. The number of hydrogen-bond acceptors (Lipinski definition) is 3. The maximum absolute atomic E-state index is 12.2. The van der Waals surface area contributed by atoms with Crippen molar-refractivity contribution >= 4 is 23.6 Å². The van der Waals surface area contributed by atoms with Crippen molar-refractivity contribution in [3.63, 3.8) is 0 Å². The number of carbonyl (C=O) groups is 2. The summed E-state index contributed by atoms with van der Waals surface area (Å²) in [5.74, 6) is -0.924. The van der Waals surface area contributed by atoms with Gasteiger partial charge in [-0.15, -0.1) is 0 Å². The lowest BCUT2D eigenvalue weighted by Gasteiger charge is -2.38. The molecule has 0 aromatic heterocycles. The number of aliphatic carboxylic acids is 1. The second-order valence-electron chi connectivity index (χ2n) is 6.10. The summed E-state index contributed by atoms with van der Waals surface area (Å²) in [5, 5.41) is 12.3. The van der Waals surface area contributed by atoms with E-state index in [0.29, 0.717) is 24.8 Å². The first-order chi connectivity index (χ1) is 11.4. The van der Waals surface area contributed by atoms with Gasteiger partial charge in [0, 0.05) is 43.8 Å². The molecule has 1 heterocycles. The third-order valence-corrected chi connectivity index (χ3v) is 4.81. The highest BCUT2D eigenvalue weighted by atomic mass is 35.5. The zero-order valence-corrected chi connectivity index (χ0v) is 14.5. The highest BCUT2D eigenvalue weighted by Crippen LogP contribution is 2.38. The fourth-order valence-electron chi connectivity index (χ4n) is 2.94. The summed E-state index contributed by atoms with van der Waals surface area (Å²) in [7, 11) is 1.59. The molecule has 0 spiro atoms. The van der Waals surface area contributed by atoms with Crippen LogP contribution in [0.15, 0.2) is 24.3 Å². The minimum atomic E-state index is -0.924. The average Bonchev–Trinajstić information content (AvgIpc) is 2.58. The Morgan fingerprint density at radius 1 is 1.33 bits per heavy atom. The van der Waals surface area contributed by atoms with Crippen LogP contribution < -0.4 is 5.32 Å². The first-order valence-electron chi connectivity index (χ1n) is 7.98. The van der Waals surface area contributed by atoms with Crippen LogP contribution in [0.1, 0.15) is 24.8 Å². The third kappa shape index (κ3) is 4.61. The van der Waals surface area contributed by atoms with Gasteiger partial charge in [-0.3, -0.25) is 4.79 Å².